The molecule has 2 heteroatoms. The fourth-order valence-corrected chi connectivity index (χ4v) is 9.25. The second kappa shape index (κ2) is 17.3. The molecule has 0 spiro atoms. The molecule has 10 aromatic carbocycles. The number of fused-ring (bicyclic) bond motifs is 2. The summed E-state index contributed by atoms with van der Waals surface area (Å²) in [5.74, 6) is 0.699. The molecule has 0 aliphatic rings. The maximum absolute atomic E-state index is 5.32. The second-order valence-corrected chi connectivity index (χ2v) is 16.5. The molecular weight excluding hydrogens is 773 g/mol. The number of nitrogens with zero attached hydrogens (tertiary/aromatic N) is 2. The standard InChI is InChI=1S/C62H44N2/c1-5-19-43(20-6-1)37-49-33-34-50(41-58(49)59-40-48-28-14-13-27-47(48)39-51(59)38-44-21-7-2-8-22-44)53-35-36-57(55-31-17-16-30-54(53)55)61-42-60(63-62(64-61)46-25-11-4-12-26-46)56-32-18-15-29-52(56)45-23-9-3-10-24-45/h1-36,39-42H,37-38H2. The lowest BCUT2D eigenvalue weighted by atomic mass is 9.85. The summed E-state index contributed by atoms with van der Waals surface area (Å²) in [5, 5.41) is 4.82. The third-order valence-corrected chi connectivity index (χ3v) is 12.4. The van der Waals surface area contributed by atoms with Crippen LogP contribution in [0.4, 0.5) is 0 Å². The predicted octanol–water partition coefficient (Wildman–Crippen LogP) is 16.0. The molecule has 0 bridgehead atoms. The Hall–Kier alpha value is -8.20. The summed E-state index contributed by atoms with van der Waals surface area (Å²) in [5.41, 5.74) is 17.3. The molecule has 2 nitrogen and oxygen atoms in total. The van der Waals surface area contributed by atoms with E-state index in [1.54, 1.807) is 0 Å². The summed E-state index contributed by atoms with van der Waals surface area (Å²) >= 11 is 0. The summed E-state index contributed by atoms with van der Waals surface area (Å²) in [7, 11) is 0. The average molecular weight is 817 g/mol. The molecule has 1 aromatic heterocycles. The van der Waals surface area contributed by atoms with E-state index in [4.69, 9.17) is 9.97 Å². The molecule has 0 radical (unpaired) electrons. The molecule has 11 aromatic rings. The van der Waals surface area contributed by atoms with Gasteiger partial charge in [0.25, 0.3) is 0 Å². The van der Waals surface area contributed by atoms with Crippen LogP contribution in [0, 0.1) is 0 Å². The maximum atomic E-state index is 5.32. The van der Waals surface area contributed by atoms with E-state index in [1.165, 1.54) is 60.7 Å². The Bertz CT molecular complexity index is 3410. The lowest BCUT2D eigenvalue weighted by Crippen LogP contribution is -1.99. The van der Waals surface area contributed by atoms with E-state index in [1.807, 2.05) is 6.07 Å². The molecule has 0 aliphatic heterocycles. The van der Waals surface area contributed by atoms with E-state index in [-0.39, 0.29) is 0 Å². The minimum Gasteiger partial charge on any atom is -0.228 e. The lowest BCUT2D eigenvalue weighted by Gasteiger charge is -2.19. The van der Waals surface area contributed by atoms with Crippen molar-refractivity contribution in [2.24, 2.45) is 0 Å². The van der Waals surface area contributed by atoms with E-state index in [9.17, 15) is 0 Å². The van der Waals surface area contributed by atoms with Crippen molar-refractivity contribution in [2.75, 3.05) is 0 Å². The van der Waals surface area contributed by atoms with Crippen LogP contribution in [0.15, 0.2) is 243 Å². The van der Waals surface area contributed by atoms with Gasteiger partial charge in [-0.05, 0) is 108 Å². The van der Waals surface area contributed by atoms with Gasteiger partial charge in [-0.15, -0.1) is 0 Å². The second-order valence-electron chi connectivity index (χ2n) is 16.5. The largest absolute Gasteiger partial charge is 0.228 e. The van der Waals surface area contributed by atoms with Gasteiger partial charge in [0.2, 0.25) is 0 Å². The van der Waals surface area contributed by atoms with E-state index >= 15 is 0 Å². The van der Waals surface area contributed by atoms with Crippen molar-refractivity contribution in [3.63, 3.8) is 0 Å². The molecule has 0 unspecified atom stereocenters. The van der Waals surface area contributed by atoms with Gasteiger partial charge in [-0.2, -0.15) is 0 Å². The zero-order chi connectivity index (χ0) is 42.7. The van der Waals surface area contributed by atoms with E-state index in [0.717, 1.165) is 57.4 Å². The van der Waals surface area contributed by atoms with Crippen LogP contribution in [-0.4, -0.2) is 9.97 Å². The highest BCUT2D eigenvalue weighted by Gasteiger charge is 2.19. The predicted molar refractivity (Wildman–Crippen MR) is 268 cm³/mol. The number of aromatic nitrogens is 2. The monoisotopic (exact) mass is 816 g/mol. The first-order valence-electron chi connectivity index (χ1n) is 22.1. The zero-order valence-electron chi connectivity index (χ0n) is 35.4. The van der Waals surface area contributed by atoms with Gasteiger partial charge in [0.05, 0.1) is 11.4 Å². The molecule has 0 aliphatic carbocycles. The highest BCUT2D eigenvalue weighted by molar-refractivity contribution is 6.05. The Kier molecular flexibility index (Phi) is 10.5. The van der Waals surface area contributed by atoms with Gasteiger partial charge in [0.1, 0.15) is 0 Å². The van der Waals surface area contributed by atoms with Gasteiger partial charge in [0, 0.05) is 16.7 Å². The molecule has 0 fully saturated rings. The lowest BCUT2D eigenvalue weighted by molar-refractivity contribution is 1.17. The number of hydrogen-bond acceptors (Lipinski definition) is 2. The van der Waals surface area contributed by atoms with Crippen molar-refractivity contribution in [1.29, 1.82) is 0 Å². The number of rotatable bonds is 10. The van der Waals surface area contributed by atoms with Gasteiger partial charge in [-0.3, -0.25) is 0 Å². The van der Waals surface area contributed by atoms with Crippen LogP contribution in [0.3, 0.4) is 0 Å². The van der Waals surface area contributed by atoms with Crippen molar-refractivity contribution < 1.29 is 0 Å². The van der Waals surface area contributed by atoms with Gasteiger partial charge in [-0.1, -0.05) is 224 Å². The summed E-state index contributed by atoms with van der Waals surface area (Å²) in [6, 6.07) is 87.3. The summed E-state index contributed by atoms with van der Waals surface area (Å²) < 4.78 is 0. The van der Waals surface area contributed by atoms with E-state index in [0.29, 0.717) is 5.82 Å². The molecule has 1 heterocycles. The molecule has 0 N–H and O–H groups in total. The van der Waals surface area contributed by atoms with Crippen molar-refractivity contribution in [3.05, 3.63) is 265 Å². The van der Waals surface area contributed by atoms with Crippen LogP contribution < -0.4 is 0 Å². The molecule has 11 rings (SSSR count). The maximum Gasteiger partial charge on any atom is 0.160 e. The Balaban J connectivity index is 1.09. The quantitative estimate of drug-likeness (QED) is 0.137. The minimum absolute atomic E-state index is 0.699. The van der Waals surface area contributed by atoms with Crippen molar-refractivity contribution >= 4 is 21.5 Å². The molecule has 0 atom stereocenters. The van der Waals surface area contributed by atoms with Crippen LogP contribution in [-0.2, 0) is 12.8 Å². The molecule has 64 heavy (non-hydrogen) atoms. The Morgan fingerprint density at radius 1 is 0.266 bits per heavy atom. The SMILES string of the molecule is c1ccc(Cc2ccc(-c3ccc(-c4cc(-c5ccccc5-c5ccccc5)nc(-c5ccccc5)n4)c4ccccc34)cc2-c2cc3ccccc3cc2Cc2ccccc2)cc1. The third kappa shape index (κ3) is 7.79. The Labute approximate surface area is 374 Å². The summed E-state index contributed by atoms with van der Waals surface area (Å²) in [6.07, 6.45) is 1.68. The van der Waals surface area contributed by atoms with Crippen LogP contribution >= 0.6 is 0 Å². The van der Waals surface area contributed by atoms with Gasteiger partial charge in [0.15, 0.2) is 5.82 Å². The first kappa shape index (κ1) is 38.7. The highest BCUT2D eigenvalue weighted by Crippen LogP contribution is 2.41. The average Bonchev–Trinajstić information content (AvgIpc) is 3.37. The van der Waals surface area contributed by atoms with Gasteiger partial charge >= 0.3 is 0 Å². The number of hydrogen-bond donors (Lipinski definition) is 0. The molecule has 0 amide bonds. The van der Waals surface area contributed by atoms with Crippen molar-refractivity contribution in [3.8, 4) is 67.3 Å². The normalized spacial score (nSPS) is 11.2. The highest BCUT2D eigenvalue weighted by atomic mass is 14.9. The molecule has 0 saturated carbocycles. The topological polar surface area (TPSA) is 25.8 Å². The first-order chi connectivity index (χ1) is 31.7. The fraction of sp³-hybridized carbons (Fsp3) is 0.0323. The van der Waals surface area contributed by atoms with Crippen molar-refractivity contribution in [2.45, 2.75) is 12.8 Å². The summed E-state index contributed by atoms with van der Waals surface area (Å²) in [4.78, 5) is 10.6. The van der Waals surface area contributed by atoms with E-state index in [2.05, 4.69) is 237 Å². The fourth-order valence-electron chi connectivity index (χ4n) is 9.25. The molecule has 0 saturated heterocycles. The van der Waals surface area contributed by atoms with Crippen LogP contribution in [0.25, 0.3) is 88.8 Å². The van der Waals surface area contributed by atoms with Gasteiger partial charge < -0.3 is 0 Å². The van der Waals surface area contributed by atoms with E-state index < -0.39 is 0 Å². The smallest absolute Gasteiger partial charge is 0.160 e. The van der Waals surface area contributed by atoms with Crippen molar-refractivity contribution in [1.82, 2.24) is 9.97 Å². The minimum atomic E-state index is 0.699. The van der Waals surface area contributed by atoms with Crippen LogP contribution in [0.2, 0.25) is 0 Å². The Morgan fingerprint density at radius 3 is 1.42 bits per heavy atom. The molecular formula is C62H44N2. The summed E-state index contributed by atoms with van der Waals surface area (Å²) in [6.45, 7) is 0. The van der Waals surface area contributed by atoms with Crippen LogP contribution in [0.5, 0.6) is 0 Å². The van der Waals surface area contributed by atoms with Crippen LogP contribution in [0.1, 0.15) is 22.3 Å². The molecule has 302 valence electrons. The Morgan fingerprint density at radius 2 is 0.750 bits per heavy atom. The third-order valence-electron chi connectivity index (χ3n) is 12.4. The first-order valence-corrected chi connectivity index (χ1v) is 22.1. The van der Waals surface area contributed by atoms with Gasteiger partial charge in [-0.25, -0.2) is 9.97 Å². The zero-order valence-corrected chi connectivity index (χ0v) is 35.4. The number of benzene rings is 10.